The van der Waals surface area contributed by atoms with Crippen LogP contribution in [0.1, 0.15) is 90.9 Å². The Hall–Kier alpha value is -0.730. The molecule has 5 atom stereocenters. The molecule has 1 aliphatic rings. The van der Waals surface area contributed by atoms with Crippen LogP contribution >= 0.6 is 0 Å². The summed E-state index contributed by atoms with van der Waals surface area (Å²) in [5.74, 6) is -0.340. The van der Waals surface area contributed by atoms with Gasteiger partial charge in [-0.15, -0.1) is 0 Å². The van der Waals surface area contributed by atoms with Gasteiger partial charge in [0.05, 0.1) is 0 Å². The Bertz CT molecular complexity index is 418. The summed E-state index contributed by atoms with van der Waals surface area (Å²) in [4.78, 5) is 11.9. The molecular weight excluding hydrogens is 376 g/mol. The van der Waals surface area contributed by atoms with Crippen molar-refractivity contribution in [2.24, 2.45) is 0 Å². The molecule has 0 unspecified atom stereocenters. The summed E-state index contributed by atoms with van der Waals surface area (Å²) in [6, 6.07) is 0. The molecule has 1 heterocycles. The maximum absolute atomic E-state index is 11.9. The van der Waals surface area contributed by atoms with E-state index in [-0.39, 0.29) is 12.6 Å². The lowest BCUT2D eigenvalue weighted by molar-refractivity contribution is -0.301. The molecule has 0 aromatic heterocycles. The Morgan fingerprint density at radius 1 is 0.793 bits per heavy atom. The van der Waals surface area contributed by atoms with E-state index in [1.54, 1.807) is 0 Å². The number of aliphatic hydroxyl groups excluding tert-OH is 3. The third-order valence-corrected chi connectivity index (χ3v) is 5.34. The number of carbonyl (C=O) groups excluding carboxylic acids is 1. The van der Waals surface area contributed by atoms with Gasteiger partial charge in [-0.25, -0.2) is 0 Å². The van der Waals surface area contributed by atoms with E-state index in [4.69, 9.17) is 14.2 Å². The SMILES string of the molecule is CCCCCCCCCCCC(=O)OC[C@H]1O[C@H](OCCCC)[C@H](O)[C@@H](O)[C@@H]1O. The average molecular weight is 419 g/mol. The molecule has 7 heteroatoms. The Balaban J connectivity index is 2.19. The molecular formula is C22H42O7. The molecule has 1 aliphatic heterocycles. The number of aliphatic hydroxyl groups is 3. The van der Waals surface area contributed by atoms with E-state index in [1.807, 2.05) is 6.92 Å². The van der Waals surface area contributed by atoms with Crippen LogP contribution in [0.3, 0.4) is 0 Å². The fourth-order valence-corrected chi connectivity index (χ4v) is 3.36. The second-order valence-electron chi connectivity index (χ2n) is 8.00. The Labute approximate surface area is 175 Å². The predicted octanol–water partition coefficient (Wildman–Crippen LogP) is 3.07. The van der Waals surface area contributed by atoms with E-state index in [0.717, 1.165) is 32.1 Å². The van der Waals surface area contributed by atoms with Gasteiger partial charge in [0.2, 0.25) is 0 Å². The van der Waals surface area contributed by atoms with Crippen molar-refractivity contribution < 1.29 is 34.3 Å². The lowest BCUT2D eigenvalue weighted by atomic mass is 9.99. The van der Waals surface area contributed by atoms with Gasteiger partial charge in [0, 0.05) is 13.0 Å². The molecule has 0 saturated carbocycles. The third-order valence-electron chi connectivity index (χ3n) is 5.34. The summed E-state index contributed by atoms with van der Waals surface area (Å²) in [6.07, 6.45) is 6.58. The lowest BCUT2D eigenvalue weighted by Gasteiger charge is -2.39. The van der Waals surface area contributed by atoms with E-state index < -0.39 is 30.7 Å². The zero-order valence-corrected chi connectivity index (χ0v) is 18.3. The Morgan fingerprint density at radius 2 is 1.38 bits per heavy atom. The molecule has 0 aromatic carbocycles. The topological polar surface area (TPSA) is 105 Å². The van der Waals surface area contributed by atoms with Crippen LogP contribution in [0, 0.1) is 0 Å². The first kappa shape index (κ1) is 26.3. The third kappa shape index (κ3) is 10.7. The van der Waals surface area contributed by atoms with Crippen molar-refractivity contribution in [3.8, 4) is 0 Å². The highest BCUT2D eigenvalue weighted by atomic mass is 16.7. The van der Waals surface area contributed by atoms with Crippen LogP contribution in [-0.2, 0) is 19.0 Å². The van der Waals surface area contributed by atoms with Gasteiger partial charge in [-0.1, -0.05) is 71.6 Å². The number of hydrogen-bond acceptors (Lipinski definition) is 7. The Morgan fingerprint density at radius 3 is 2.00 bits per heavy atom. The van der Waals surface area contributed by atoms with Gasteiger partial charge < -0.3 is 29.5 Å². The zero-order valence-electron chi connectivity index (χ0n) is 18.3. The minimum atomic E-state index is -1.41. The van der Waals surface area contributed by atoms with Gasteiger partial charge in [-0.3, -0.25) is 4.79 Å². The van der Waals surface area contributed by atoms with Crippen LogP contribution in [0.4, 0.5) is 0 Å². The number of unbranched alkanes of at least 4 members (excludes halogenated alkanes) is 9. The maximum Gasteiger partial charge on any atom is 0.305 e. The minimum Gasteiger partial charge on any atom is -0.463 e. The zero-order chi connectivity index (χ0) is 21.5. The lowest BCUT2D eigenvalue weighted by Crippen LogP contribution is -2.59. The molecule has 29 heavy (non-hydrogen) atoms. The van der Waals surface area contributed by atoms with E-state index in [9.17, 15) is 20.1 Å². The quantitative estimate of drug-likeness (QED) is 0.261. The molecule has 3 N–H and O–H groups in total. The number of ether oxygens (including phenoxy) is 3. The molecule has 0 radical (unpaired) electrons. The standard InChI is InChI=1S/C22H42O7/c1-3-5-7-8-9-10-11-12-13-14-18(23)28-16-17-19(24)20(25)21(26)22(29-17)27-15-6-4-2/h17,19-22,24-26H,3-16H2,1-2H3/t17-,19-,20+,21-,22+/m1/s1. The predicted molar refractivity (Wildman–Crippen MR) is 110 cm³/mol. The summed E-state index contributed by atoms with van der Waals surface area (Å²) in [5, 5.41) is 30.1. The van der Waals surface area contributed by atoms with E-state index >= 15 is 0 Å². The molecule has 172 valence electrons. The van der Waals surface area contributed by atoms with Crippen LogP contribution in [0.25, 0.3) is 0 Å². The molecule has 0 aliphatic carbocycles. The van der Waals surface area contributed by atoms with E-state index in [1.165, 1.54) is 38.5 Å². The van der Waals surface area contributed by atoms with Crippen LogP contribution < -0.4 is 0 Å². The molecule has 0 spiro atoms. The van der Waals surface area contributed by atoms with Crippen LogP contribution in [0.15, 0.2) is 0 Å². The van der Waals surface area contributed by atoms with Crippen LogP contribution in [-0.4, -0.2) is 65.2 Å². The summed E-state index contributed by atoms with van der Waals surface area (Å²) < 4.78 is 16.2. The maximum atomic E-state index is 11.9. The fraction of sp³-hybridized carbons (Fsp3) is 0.955. The summed E-state index contributed by atoms with van der Waals surface area (Å²) in [7, 11) is 0. The van der Waals surface area contributed by atoms with Crippen molar-refractivity contribution in [3.05, 3.63) is 0 Å². The minimum absolute atomic E-state index is 0.172. The van der Waals surface area contributed by atoms with Crippen LogP contribution in [0.2, 0.25) is 0 Å². The van der Waals surface area contributed by atoms with Gasteiger partial charge in [0.25, 0.3) is 0 Å². The smallest absolute Gasteiger partial charge is 0.305 e. The average Bonchev–Trinajstić information content (AvgIpc) is 2.71. The Kier molecular flexibility index (Phi) is 14.5. The fourth-order valence-electron chi connectivity index (χ4n) is 3.36. The summed E-state index contributed by atoms with van der Waals surface area (Å²) in [6.45, 7) is 4.43. The first-order valence-corrected chi connectivity index (χ1v) is 11.5. The van der Waals surface area contributed by atoms with Crippen LogP contribution in [0.5, 0.6) is 0 Å². The highest BCUT2D eigenvalue weighted by molar-refractivity contribution is 5.69. The number of esters is 1. The highest BCUT2D eigenvalue weighted by Gasteiger charge is 2.44. The van der Waals surface area contributed by atoms with Gasteiger partial charge in [-0.2, -0.15) is 0 Å². The van der Waals surface area contributed by atoms with E-state index in [0.29, 0.717) is 13.0 Å². The normalized spacial score (nSPS) is 27.1. The molecule has 0 aromatic rings. The first-order chi connectivity index (χ1) is 14.0. The largest absolute Gasteiger partial charge is 0.463 e. The number of carbonyl (C=O) groups is 1. The van der Waals surface area contributed by atoms with Gasteiger partial charge in [-0.05, 0) is 12.8 Å². The summed E-state index contributed by atoms with van der Waals surface area (Å²) >= 11 is 0. The number of rotatable bonds is 16. The highest BCUT2D eigenvalue weighted by Crippen LogP contribution is 2.23. The van der Waals surface area contributed by atoms with Crippen molar-refractivity contribution in [1.29, 1.82) is 0 Å². The molecule has 7 nitrogen and oxygen atoms in total. The van der Waals surface area contributed by atoms with Gasteiger partial charge in [0.15, 0.2) is 6.29 Å². The van der Waals surface area contributed by atoms with Gasteiger partial charge >= 0.3 is 5.97 Å². The molecule has 0 bridgehead atoms. The first-order valence-electron chi connectivity index (χ1n) is 11.5. The molecule has 0 amide bonds. The molecule has 1 saturated heterocycles. The van der Waals surface area contributed by atoms with Gasteiger partial charge in [0.1, 0.15) is 31.0 Å². The summed E-state index contributed by atoms with van der Waals surface area (Å²) in [5.41, 5.74) is 0. The number of hydrogen-bond donors (Lipinski definition) is 3. The van der Waals surface area contributed by atoms with Crippen molar-refractivity contribution in [3.63, 3.8) is 0 Å². The molecule has 1 fully saturated rings. The second-order valence-corrected chi connectivity index (χ2v) is 8.00. The van der Waals surface area contributed by atoms with Crippen molar-refractivity contribution >= 4 is 5.97 Å². The molecule has 1 rings (SSSR count). The van der Waals surface area contributed by atoms with Crippen molar-refractivity contribution in [2.45, 2.75) is 122 Å². The van der Waals surface area contributed by atoms with Crippen molar-refractivity contribution in [1.82, 2.24) is 0 Å². The monoisotopic (exact) mass is 418 g/mol. The van der Waals surface area contributed by atoms with E-state index in [2.05, 4.69) is 6.92 Å². The van der Waals surface area contributed by atoms with Crippen molar-refractivity contribution in [2.75, 3.05) is 13.2 Å². The second kappa shape index (κ2) is 16.0.